The molecule has 2 saturated heterocycles. The van der Waals surface area contributed by atoms with Crippen molar-refractivity contribution in [3.63, 3.8) is 0 Å². The minimum atomic E-state index is -3.69. The van der Waals surface area contributed by atoms with Gasteiger partial charge in [-0.2, -0.15) is 8.42 Å². The molecule has 3 aliphatic rings. The molecular formula is C22H27N5O3S2. The maximum atomic E-state index is 13.4. The largest absolute Gasteiger partial charge is 0.343 e. The highest BCUT2D eigenvalue weighted by Crippen LogP contribution is 2.31. The van der Waals surface area contributed by atoms with Crippen molar-refractivity contribution in [1.82, 2.24) is 19.7 Å². The molecule has 5 rings (SSSR count). The number of benzene rings is 1. The summed E-state index contributed by atoms with van der Waals surface area (Å²) in [6, 6.07) is 6.52. The van der Waals surface area contributed by atoms with E-state index in [4.69, 9.17) is 0 Å². The summed E-state index contributed by atoms with van der Waals surface area (Å²) in [5.74, 6) is 0.499. The molecule has 1 aromatic carbocycles. The Morgan fingerprint density at radius 1 is 1.16 bits per heavy atom. The van der Waals surface area contributed by atoms with E-state index in [1.54, 1.807) is 29.5 Å². The number of piperazine rings is 1. The standard InChI is InChI=1S/C22H27N5O3S2/c1-2-20-23-16(15-31-20)14-25-10-12-26(13-11-25)22(28)18-7-5-9-27(18)21-17-6-3-4-8-19(17)32(29,30)24-21/h3-4,6,8,15,18H,2,5,7,9-14H2,1H3/t18-/m0/s1. The second-order valence-corrected chi connectivity index (χ2v) is 10.9. The summed E-state index contributed by atoms with van der Waals surface area (Å²) in [6.07, 6.45) is 2.53. The number of likely N-dealkylation sites (tertiary alicyclic amines) is 1. The molecule has 3 aliphatic heterocycles. The zero-order valence-electron chi connectivity index (χ0n) is 18.1. The van der Waals surface area contributed by atoms with Crippen LogP contribution in [0.4, 0.5) is 0 Å². The van der Waals surface area contributed by atoms with Gasteiger partial charge in [0, 0.05) is 50.2 Å². The van der Waals surface area contributed by atoms with Crippen molar-refractivity contribution in [3.8, 4) is 0 Å². The van der Waals surface area contributed by atoms with Crippen LogP contribution < -0.4 is 0 Å². The minimum Gasteiger partial charge on any atom is -0.343 e. The maximum Gasteiger partial charge on any atom is 0.285 e. The zero-order chi connectivity index (χ0) is 22.3. The first-order valence-corrected chi connectivity index (χ1v) is 13.4. The van der Waals surface area contributed by atoms with Crippen LogP contribution in [0.15, 0.2) is 38.9 Å². The molecule has 170 valence electrons. The number of amides is 1. The van der Waals surface area contributed by atoms with Crippen LogP contribution in [0, 0.1) is 0 Å². The van der Waals surface area contributed by atoms with Gasteiger partial charge in [0.05, 0.1) is 10.7 Å². The van der Waals surface area contributed by atoms with Crippen LogP contribution in [0.25, 0.3) is 0 Å². The van der Waals surface area contributed by atoms with Crippen molar-refractivity contribution in [1.29, 1.82) is 0 Å². The van der Waals surface area contributed by atoms with Gasteiger partial charge in [-0.25, -0.2) is 4.98 Å². The lowest BCUT2D eigenvalue weighted by atomic mass is 10.1. The third-order valence-electron chi connectivity index (χ3n) is 6.39. The molecule has 0 bridgehead atoms. The molecule has 8 nitrogen and oxygen atoms in total. The van der Waals surface area contributed by atoms with Crippen LogP contribution in [-0.4, -0.2) is 78.6 Å². The van der Waals surface area contributed by atoms with E-state index in [1.807, 2.05) is 15.9 Å². The van der Waals surface area contributed by atoms with E-state index < -0.39 is 10.0 Å². The molecule has 2 fully saturated rings. The number of nitrogens with zero attached hydrogens (tertiary/aromatic N) is 5. The van der Waals surface area contributed by atoms with E-state index in [2.05, 4.69) is 26.6 Å². The lowest BCUT2D eigenvalue weighted by Crippen LogP contribution is -2.54. The van der Waals surface area contributed by atoms with Gasteiger partial charge in [0.2, 0.25) is 5.91 Å². The van der Waals surface area contributed by atoms with Gasteiger partial charge < -0.3 is 9.80 Å². The predicted molar refractivity (Wildman–Crippen MR) is 123 cm³/mol. The van der Waals surface area contributed by atoms with Gasteiger partial charge in [-0.3, -0.25) is 9.69 Å². The van der Waals surface area contributed by atoms with Crippen molar-refractivity contribution in [2.24, 2.45) is 4.40 Å². The molecule has 1 atom stereocenters. The number of rotatable bonds is 4. The Labute approximate surface area is 192 Å². The topological polar surface area (TPSA) is 86.2 Å². The number of aromatic nitrogens is 1. The van der Waals surface area contributed by atoms with Gasteiger partial charge in [-0.1, -0.05) is 19.1 Å². The van der Waals surface area contributed by atoms with Crippen LogP contribution in [0.5, 0.6) is 0 Å². The summed E-state index contributed by atoms with van der Waals surface area (Å²) in [7, 11) is -3.69. The first-order chi connectivity index (χ1) is 15.5. The summed E-state index contributed by atoms with van der Waals surface area (Å²) >= 11 is 1.71. The van der Waals surface area contributed by atoms with Crippen molar-refractivity contribution in [2.75, 3.05) is 32.7 Å². The van der Waals surface area contributed by atoms with Crippen molar-refractivity contribution in [2.45, 2.75) is 43.7 Å². The molecule has 0 radical (unpaired) electrons. The lowest BCUT2D eigenvalue weighted by molar-refractivity contribution is -0.136. The number of carbonyl (C=O) groups is 1. The molecule has 0 spiro atoms. The Morgan fingerprint density at radius 2 is 1.94 bits per heavy atom. The summed E-state index contributed by atoms with van der Waals surface area (Å²) < 4.78 is 29.0. The Kier molecular flexibility index (Phi) is 5.77. The maximum absolute atomic E-state index is 13.4. The highest BCUT2D eigenvalue weighted by Gasteiger charge is 2.41. The molecule has 0 aliphatic carbocycles. The molecule has 2 aromatic rings. The van der Waals surface area contributed by atoms with Gasteiger partial charge in [-0.05, 0) is 31.4 Å². The molecule has 1 amide bonds. The van der Waals surface area contributed by atoms with Gasteiger partial charge in [0.1, 0.15) is 10.9 Å². The zero-order valence-corrected chi connectivity index (χ0v) is 19.7. The van der Waals surface area contributed by atoms with Gasteiger partial charge in [-0.15, -0.1) is 15.7 Å². The SMILES string of the molecule is CCc1nc(CN2CCN(C(=O)[C@@H]3CCCN3C3=NS(=O)(=O)c4ccccc43)CC2)cs1. The number of aryl methyl sites for hydroxylation is 1. The van der Waals surface area contributed by atoms with Crippen molar-refractivity contribution >= 4 is 33.1 Å². The van der Waals surface area contributed by atoms with Gasteiger partial charge >= 0.3 is 0 Å². The normalized spacial score (nSPS) is 22.8. The summed E-state index contributed by atoms with van der Waals surface area (Å²) in [5, 5.41) is 3.29. The smallest absolute Gasteiger partial charge is 0.285 e. The number of hydrogen-bond donors (Lipinski definition) is 0. The fraction of sp³-hybridized carbons (Fsp3) is 0.500. The number of amidine groups is 1. The fourth-order valence-electron chi connectivity index (χ4n) is 4.72. The number of sulfonamides is 1. The Morgan fingerprint density at radius 3 is 2.69 bits per heavy atom. The lowest BCUT2D eigenvalue weighted by Gasteiger charge is -2.37. The molecule has 0 N–H and O–H groups in total. The van der Waals surface area contributed by atoms with E-state index in [9.17, 15) is 13.2 Å². The van der Waals surface area contributed by atoms with Crippen LogP contribution in [-0.2, 0) is 27.8 Å². The van der Waals surface area contributed by atoms with Crippen molar-refractivity contribution < 1.29 is 13.2 Å². The first-order valence-electron chi connectivity index (χ1n) is 11.1. The van der Waals surface area contributed by atoms with Crippen LogP contribution in [0.2, 0.25) is 0 Å². The van der Waals surface area contributed by atoms with Gasteiger partial charge in [0.25, 0.3) is 10.0 Å². The number of hydrogen-bond acceptors (Lipinski definition) is 7. The number of carbonyl (C=O) groups excluding carboxylic acids is 1. The Hall–Kier alpha value is -2.30. The summed E-state index contributed by atoms with van der Waals surface area (Å²) in [4.78, 5) is 24.5. The van der Waals surface area contributed by atoms with E-state index in [0.29, 0.717) is 31.0 Å². The monoisotopic (exact) mass is 473 g/mol. The second kappa shape index (κ2) is 8.57. The van der Waals surface area contributed by atoms with Gasteiger partial charge in [0.15, 0.2) is 5.84 Å². The molecule has 4 heterocycles. The van der Waals surface area contributed by atoms with Crippen LogP contribution in [0.3, 0.4) is 0 Å². The highest BCUT2D eigenvalue weighted by molar-refractivity contribution is 7.90. The molecule has 32 heavy (non-hydrogen) atoms. The third-order valence-corrected chi connectivity index (χ3v) is 8.76. The average Bonchev–Trinajstić information content (AvgIpc) is 3.52. The molecule has 0 unspecified atom stereocenters. The predicted octanol–water partition coefficient (Wildman–Crippen LogP) is 1.96. The van der Waals surface area contributed by atoms with Crippen LogP contribution >= 0.6 is 11.3 Å². The Balaban J connectivity index is 1.25. The van der Waals surface area contributed by atoms with E-state index in [1.165, 1.54) is 0 Å². The molecule has 0 saturated carbocycles. The number of thiazole rings is 1. The summed E-state index contributed by atoms with van der Waals surface area (Å²) in [5.41, 5.74) is 1.71. The third kappa shape index (κ3) is 3.95. The summed E-state index contributed by atoms with van der Waals surface area (Å²) in [6.45, 7) is 6.56. The van der Waals surface area contributed by atoms with Crippen molar-refractivity contribution in [3.05, 3.63) is 45.9 Å². The van der Waals surface area contributed by atoms with Crippen LogP contribution in [0.1, 0.15) is 36.0 Å². The quantitative estimate of drug-likeness (QED) is 0.675. The second-order valence-electron chi connectivity index (χ2n) is 8.43. The number of fused-ring (bicyclic) bond motifs is 1. The van der Waals surface area contributed by atoms with E-state index in [-0.39, 0.29) is 16.8 Å². The molecule has 10 heteroatoms. The first kappa shape index (κ1) is 21.5. The molecule has 1 aromatic heterocycles. The molecular weight excluding hydrogens is 446 g/mol. The van der Waals surface area contributed by atoms with E-state index >= 15 is 0 Å². The van der Waals surface area contributed by atoms with E-state index in [0.717, 1.165) is 49.6 Å². The highest BCUT2D eigenvalue weighted by atomic mass is 32.2. The fourth-order valence-corrected chi connectivity index (χ4v) is 6.68. The Bertz CT molecular complexity index is 1150. The minimum absolute atomic E-state index is 0.0774. The average molecular weight is 474 g/mol.